The van der Waals surface area contributed by atoms with Crippen LogP contribution in [0.25, 0.3) is 0 Å². The van der Waals surface area contributed by atoms with Crippen molar-refractivity contribution in [2.75, 3.05) is 11.3 Å². The van der Waals surface area contributed by atoms with Crippen LogP contribution in [-0.4, -0.2) is 66.9 Å². The van der Waals surface area contributed by atoms with Gasteiger partial charge in [0.25, 0.3) is 5.91 Å². The van der Waals surface area contributed by atoms with E-state index in [0.29, 0.717) is 44.2 Å². The molecule has 2 fully saturated rings. The van der Waals surface area contributed by atoms with Crippen molar-refractivity contribution in [3.63, 3.8) is 0 Å². The van der Waals surface area contributed by atoms with Gasteiger partial charge >= 0.3 is 16.3 Å². The van der Waals surface area contributed by atoms with Crippen LogP contribution in [-0.2, 0) is 29.3 Å². The zero-order valence-electron chi connectivity index (χ0n) is 26.1. The van der Waals surface area contributed by atoms with E-state index >= 15 is 0 Å². The number of anilines is 1. The molecular formula is C31H42N6O7S. The summed E-state index contributed by atoms with van der Waals surface area (Å²) < 4.78 is 35.6. The molecule has 14 heteroatoms. The second-order valence-electron chi connectivity index (χ2n) is 13.1. The van der Waals surface area contributed by atoms with Crippen LogP contribution in [0.1, 0.15) is 84.6 Å². The molecule has 0 aromatic heterocycles. The fraction of sp³-hybridized carbons (Fsp3) is 0.581. The summed E-state index contributed by atoms with van der Waals surface area (Å²) in [6.07, 6.45) is 7.39. The maximum absolute atomic E-state index is 13.8. The predicted molar refractivity (Wildman–Crippen MR) is 166 cm³/mol. The fourth-order valence-electron chi connectivity index (χ4n) is 5.93. The Hall–Kier alpha value is -4.12. The molecule has 0 spiro atoms. The van der Waals surface area contributed by atoms with Gasteiger partial charge < -0.3 is 20.3 Å². The zero-order chi connectivity index (χ0) is 33.0. The molecule has 3 aliphatic rings. The lowest BCUT2D eigenvalue weighted by molar-refractivity contribution is -0.141. The van der Waals surface area contributed by atoms with Gasteiger partial charge in [0.15, 0.2) is 0 Å². The molecule has 1 saturated heterocycles. The highest BCUT2D eigenvalue weighted by Gasteiger charge is 2.69. The molecule has 244 valence electrons. The van der Waals surface area contributed by atoms with E-state index < -0.39 is 62.7 Å². The highest BCUT2D eigenvalue weighted by atomic mass is 32.2. The average molecular weight is 643 g/mol. The summed E-state index contributed by atoms with van der Waals surface area (Å²) in [5, 5.41) is 14.5. The number of benzene rings is 1. The van der Waals surface area contributed by atoms with Gasteiger partial charge in [0.2, 0.25) is 11.8 Å². The van der Waals surface area contributed by atoms with Gasteiger partial charge in [-0.2, -0.15) is 13.7 Å². The van der Waals surface area contributed by atoms with Crippen molar-refractivity contribution in [1.82, 2.24) is 20.3 Å². The Labute approximate surface area is 264 Å². The summed E-state index contributed by atoms with van der Waals surface area (Å²) in [6.45, 7) is 7.25. The molecule has 4 N–H and O–H groups in total. The lowest BCUT2D eigenvalue weighted by atomic mass is 9.99. The summed E-state index contributed by atoms with van der Waals surface area (Å²) >= 11 is 0. The Bertz CT molecular complexity index is 1500. The third-order valence-corrected chi connectivity index (χ3v) is 9.34. The van der Waals surface area contributed by atoms with Crippen LogP contribution in [0.5, 0.6) is 0 Å². The topological polar surface area (TPSA) is 187 Å². The predicted octanol–water partition coefficient (Wildman–Crippen LogP) is 3.00. The van der Waals surface area contributed by atoms with Crippen molar-refractivity contribution in [2.45, 2.75) is 102 Å². The third-order valence-electron chi connectivity index (χ3n) is 8.38. The Balaban J connectivity index is 1.56. The lowest BCUT2D eigenvalue weighted by Crippen LogP contribution is -2.59. The molecule has 1 aromatic rings. The number of carbonyl (C=O) groups excluding carboxylic acids is 4. The molecule has 1 aliphatic carbocycles. The number of nitrogens with zero attached hydrogens (tertiary/aromatic N) is 2. The van der Waals surface area contributed by atoms with Gasteiger partial charge in [-0.3, -0.25) is 19.1 Å². The summed E-state index contributed by atoms with van der Waals surface area (Å²) in [4.78, 5) is 55.3. The first kappa shape index (κ1) is 33.8. The van der Waals surface area contributed by atoms with Crippen LogP contribution in [0.3, 0.4) is 0 Å². The summed E-state index contributed by atoms with van der Waals surface area (Å²) in [5.41, 5.74) is -2.72. The van der Waals surface area contributed by atoms with Crippen LogP contribution in [0, 0.1) is 16.7 Å². The smallest absolute Gasteiger partial charge is 0.408 e. The average Bonchev–Trinajstić information content (AvgIpc) is 3.26. The Morgan fingerprint density at radius 2 is 1.80 bits per heavy atom. The molecule has 1 saturated carbocycles. The molecule has 1 aromatic carbocycles. The van der Waals surface area contributed by atoms with Gasteiger partial charge in [-0.1, -0.05) is 31.9 Å². The second kappa shape index (κ2) is 13.1. The molecule has 2 aliphatic heterocycles. The largest absolute Gasteiger partial charge is 0.444 e. The molecule has 2 heterocycles. The maximum atomic E-state index is 13.8. The lowest BCUT2D eigenvalue weighted by Gasteiger charge is -2.31. The van der Waals surface area contributed by atoms with Gasteiger partial charge in [0, 0.05) is 12.0 Å². The monoisotopic (exact) mass is 642 g/mol. The van der Waals surface area contributed by atoms with Gasteiger partial charge in [0.1, 0.15) is 23.2 Å². The molecule has 13 nitrogen and oxygen atoms in total. The minimum atomic E-state index is -4.41. The van der Waals surface area contributed by atoms with Gasteiger partial charge in [0.05, 0.1) is 17.3 Å². The van der Waals surface area contributed by atoms with E-state index in [2.05, 4.69) is 20.1 Å². The van der Waals surface area contributed by atoms with E-state index in [-0.39, 0.29) is 12.1 Å². The number of amides is 4. The molecule has 0 bridgehead atoms. The molecule has 4 amide bonds. The Kier molecular flexibility index (Phi) is 9.82. The van der Waals surface area contributed by atoms with Crippen LogP contribution in [0.4, 0.5) is 10.5 Å². The highest BCUT2D eigenvalue weighted by Crippen LogP contribution is 2.57. The maximum Gasteiger partial charge on any atom is 0.408 e. The van der Waals surface area contributed by atoms with E-state index in [1.165, 1.54) is 29.2 Å². The number of rotatable bonds is 5. The first-order valence-electron chi connectivity index (χ1n) is 15.2. The normalized spacial score (nSPS) is 28.1. The van der Waals surface area contributed by atoms with Gasteiger partial charge in [-0.25, -0.2) is 9.52 Å². The number of fused-ring (bicyclic) bond motifs is 2. The number of ether oxygens (including phenoxy) is 1. The fourth-order valence-corrected chi connectivity index (χ4v) is 6.84. The number of carbonyl (C=O) groups is 4. The van der Waals surface area contributed by atoms with Crippen molar-refractivity contribution < 1.29 is 32.3 Å². The van der Waals surface area contributed by atoms with Crippen LogP contribution < -0.4 is 20.1 Å². The number of hydrogen-bond donors (Lipinski definition) is 4. The van der Waals surface area contributed by atoms with E-state index in [1.807, 2.05) is 18.2 Å². The van der Waals surface area contributed by atoms with Crippen LogP contribution >= 0.6 is 0 Å². The van der Waals surface area contributed by atoms with Crippen LogP contribution in [0.2, 0.25) is 0 Å². The van der Waals surface area contributed by atoms with E-state index in [9.17, 15) is 27.6 Å². The number of hydrogen-bond acceptors (Lipinski definition) is 8. The van der Waals surface area contributed by atoms with Gasteiger partial charge in [-0.05, 0) is 83.6 Å². The first-order chi connectivity index (χ1) is 21.1. The zero-order valence-corrected chi connectivity index (χ0v) is 27.0. The summed E-state index contributed by atoms with van der Waals surface area (Å²) in [5.74, 6) is -1.89. The third kappa shape index (κ3) is 8.13. The number of nitrogens with one attached hydrogen (secondary N) is 4. The molecular weight excluding hydrogens is 600 g/mol. The van der Waals surface area contributed by atoms with Gasteiger partial charge in [-0.15, -0.1) is 0 Å². The molecule has 4 rings (SSSR count). The van der Waals surface area contributed by atoms with Crippen molar-refractivity contribution in [3.05, 3.63) is 42.0 Å². The molecule has 4 atom stereocenters. The standard InChI is InChI=1S/C31H42N6O7S/c1-29(2,3)44-28(41)33-23-11-8-6-5-7-9-17-30(4)20-31(30,34-25(38)24-12-10-18-37(24)26(23)39)27(40)36-45(42,43)35-22-15-13-21(19-32)14-16-22/h9,13-17,23-24,35H,5-8,10-12,18,20H2,1-4H3,(H,33,41)(H,34,38)(H,36,40)/b17-9-/t23-,24-,30?,31-/m0/s1. The van der Waals surface area contributed by atoms with E-state index in [1.54, 1.807) is 27.7 Å². The van der Waals surface area contributed by atoms with Crippen molar-refractivity contribution in [2.24, 2.45) is 5.41 Å². The van der Waals surface area contributed by atoms with Crippen molar-refractivity contribution in [3.8, 4) is 6.07 Å². The number of alkyl carbamates (subject to hydrolysis) is 1. The minimum absolute atomic E-state index is 0.144. The molecule has 1 unspecified atom stereocenters. The first-order valence-corrected chi connectivity index (χ1v) is 16.7. The number of nitriles is 1. The molecule has 45 heavy (non-hydrogen) atoms. The van der Waals surface area contributed by atoms with E-state index in [0.717, 1.165) is 12.8 Å². The van der Waals surface area contributed by atoms with Crippen molar-refractivity contribution in [1.29, 1.82) is 5.26 Å². The van der Waals surface area contributed by atoms with Crippen LogP contribution in [0.15, 0.2) is 36.4 Å². The second-order valence-corrected chi connectivity index (χ2v) is 14.6. The SMILES string of the molecule is CC(C)(C)OC(=O)N[C@H]1CCCCC/C=C\C2(C)C[C@@]2(C(=O)NS(=O)(=O)Nc2ccc(C#N)cc2)NC(=O)[C@@H]2CCCN2C1=O. The molecule has 0 radical (unpaired) electrons. The summed E-state index contributed by atoms with van der Waals surface area (Å²) in [7, 11) is -4.41. The summed E-state index contributed by atoms with van der Waals surface area (Å²) in [6, 6.07) is 5.81. The highest BCUT2D eigenvalue weighted by molar-refractivity contribution is 7.91. The number of allylic oxidation sites excluding steroid dienone is 1. The quantitative estimate of drug-likeness (QED) is 0.353. The van der Waals surface area contributed by atoms with Crippen molar-refractivity contribution >= 4 is 39.7 Å². The Morgan fingerprint density at radius 1 is 1.09 bits per heavy atom. The minimum Gasteiger partial charge on any atom is -0.444 e. The van der Waals surface area contributed by atoms with E-state index in [4.69, 9.17) is 10.00 Å². The Morgan fingerprint density at radius 3 is 2.47 bits per heavy atom.